The van der Waals surface area contributed by atoms with Gasteiger partial charge in [-0.05, 0) is 37.6 Å². The number of carbonyl (C=O) groups excluding carboxylic acids is 3. The van der Waals surface area contributed by atoms with Crippen LogP contribution in [0.5, 0.6) is 0 Å². The Labute approximate surface area is 235 Å². The van der Waals surface area contributed by atoms with Crippen LogP contribution in [0.3, 0.4) is 0 Å². The number of nitrogens with one attached hydrogen (secondary N) is 1. The number of benzene rings is 1. The minimum absolute atomic E-state index is 0.0483. The van der Waals surface area contributed by atoms with Crippen molar-refractivity contribution in [1.82, 2.24) is 20.2 Å². The van der Waals surface area contributed by atoms with E-state index in [2.05, 4.69) is 20.2 Å². The number of aromatic nitrogens is 2. The van der Waals surface area contributed by atoms with E-state index < -0.39 is 17.9 Å². The van der Waals surface area contributed by atoms with Crippen LogP contribution in [-0.2, 0) is 35.1 Å². The Balaban J connectivity index is 1.49. The Hall–Kier alpha value is -2.44. The molecule has 1 N–H and O–H groups in total. The van der Waals surface area contributed by atoms with Gasteiger partial charge in [0.25, 0.3) is 0 Å². The predicted octanol–water partition coefficient (Wildman–Crippen LogP) is 3.10. The molecule has 3 rings (SSSR count). The minimum atomic E-state index is -1.32. The molecule has 1 aliphatic rings. The van der Waals surface area contributed by atoms with Gasteiger partial charge in [-0.25, -0.2) is 9.97 Å². The normalized spacial score (nSPS) is 15.8. The fraction of sp³-hybridized carbons (Fsp3) is 0.480. The maximum Gasteiger partial charge on any atom is 0.326 e. The van der Waals surface area contributed by atoms with E-state index in [1.165, 1.54) is 12.3 Å². The molecule has 1 atom stereocenters. The summed E-state index contributed by atoms with van der Waals surface area (Å²) in [6.07, 6.45) is 1.27. The molecule has 10 nitrogen and oxygen atoms in total. The summed E-state index contributed by atoms with van der Waals surface area (Å²) in [6, 6.07) is 7.03. The summed E-state index contributed by atoms with van der Waals surface area (Å²) in [5, 5.41) is 4.16. The monoisotopic (exact) mass is 584 g/mol. The van der Waals surface area contributed by atoms with Crippen LogP contribution in [0.4, 0.5) is 0 Å². The maximum atomic E-state index is 12.5. The summed E-state index contributed by atoms with van der Waals surface area (Å²) in [7, 11) is 0. The summed E-state index contributed by atoms with van der Waals surface area (Å²) in [5.41, 5.74) is 1.20. The van der Waals surface area contributed by atoms with E-state index in [4.69, 9.17) is 37.4 Å². The molecule has 2 heterocycles. The van der Waals surface area contributed by atoms with Gasteiger partial charge in [0.2, 0.25) is 5.91 Å². The summed E-state index contributed by atoms with van der Waals surface area (Å²) in [5.74, 6) is -2.99. The van der Waals surface area contributed by atoms with Crippen LogP contribution in [0.15, 0.2) is 35.6 Å². The van der Waals surface area contributed by atoms with Gasteiger partial charge in [-0.1, -0.05) is 41.0 Å². The van der Waals surface area contributed by atoms with Crippen molar-refractivity contribution in [3.8, 4) is 0 Å². The number of esters is 2. The third-order valence-electron chi connectivity index (χ3n) is 5.47. The Bertz CT molecular complexity index is 1110. The lowest BCUT2D eigenvalue weighted by atomic mass is 10.1. The summed E-state index contributed by atoms with van der Waals surface area (Å²) < 4.78 is 15.8. The molecule has 0 bridgehead atoms. The second-order valence-electron chi connectivity index (χ2n) is 8.27. The van der Waals surface area contributed by atoms with Crippen LogP contribution < -0.4 is 5.32 Å². The van der Waals surface area contributed by atoms with Gasteiger partial charge in [0.05, 0.1) is 47.4 Å². The molecule has 1 fully saturated rings. The molecule has 2 aromatic rings. The highest BCUT2D eigenvalue weighted by molar-refractivity contribution is 7.99. The molecule has 38 heavy (non-hydrogen) atoms. The van der Waals surface area contributed by atoms with E-state index in [-0.39, 0.29) is 41.8 Å². The highest BCUT2D eigenvalue weighted by Crippen LogP contribution is 2.24. The van der Waals surface area contributed by atoms with Crippen LogP contribution in [0.1, 0.15) is 31.0 Å². The number of amides is 1. The van der Waals surface area contributed by atoms with Crippen LogP contribution in [-0.4, -0.2) is 84.0 Å². The highest BCUT2D eigenvalue weighted by atomic mass is 35.5. The average Bonchev–Trinajstić information content (AvgIpc) is 2.89. The molecular weight excluding hydrogens is 555 g/mol. The Morgan fingerprint density at radius 3 is 2.58 bits per heavy atom. The topological polar surface area (TPSA) is 120 Å². The molecule has 206 valence electrons. The van der Waals surface area contributed by atoms with E-state index in [1.807, 2.05) is 12.1 Å². The largest absolute Gasteiger partial charge is 0.465 e. The van der Waals surface area contributed by atoms with Crippen molar-refractivity contribution in [2.24, 2.45) is 0 Å². The number of carbonyl (C=O) groups is 3. The first-order valence-corrected chi connectivity index (χ1v) is 13.9. The van der Waals surface area contributed by atoms with Crippen molar-refractivity contribution in [3.05, 3.63) is 51.8 Å². The minimum Gasteiger partial charge on any atom is -0.465 e. The van der Waals surface area contributed by atoms with E-state index in [1.54, 1.807) is 19.9 Å². The molecule has 1 aliphatic heterocycles. The van der Waals surface area contributed by atoms with Gasteiger partial charge in [-0.15, -0.1) is 0 Å². The summed E-state index contributed by atoms with van der Waals surface area (Å²) >= 11 is 13.2. The van der Waals surface area contributed by atoms with Crippen molar-refractivity contribution in [2.75, 3.05) is 45.2 Å². The number of halogens is 2. The zero-order chi connectivity index (χ0) is 27.5. The standard InChI is InChI=1S/C25H30Cl2N4O6S/c1-3-35-23(33)22(24(34)36-4-2)20-7-8-28-25(30-20)38-15-21(32)29-12-17-14-31(9-10-37-17)13-16-5-6-18(26)19(27)11-16/h5-8,11,17,22H,3-4,9-10,12-15H2,1-2H3,(H,29,32)/t17-/m0/s1. The maximum absolute atomic E-state index is 12.5. The van der Waals surface area contributed by atoms with E-state index in [0.717, 1.165) is 23.9 Å². The van der Waals surface area contributed by atoms with E-state index in [9.17, 15) is 14.4 Å². The van der Waals surface area contributed by atoms with Crippen molar-refractivity contribution < 1.29 is 28.6 Å². The molecule has 1 amide bonds. The Morgan fingerprint density at radius 1 is 1.16 bits per heavy atom. The molecular formula is C25H30Cl2N4O6S. The lowest BCUT2D eigenvalue weighted by molar-refractivity contribution is -0.157. The first-order valence-electron chi connectivity index (χ1n) is 12.1. The second kappa shape index (κ2) is 15.2. The van der Waals surface area contributed by atoms with Crippen LogP contribution >= 0.6 is 35.0 Å². The zero-order valence-corrected chi connectivity index (χ0v) is 23.5. The van der Waals surface area contributed by atoms with E-state index in [0.29, 0.717) is 36.3 Å². The third kappa shape index (κ3) is 9.09. The summed E-state index contributed by atoms with van der Waals surface area (Å²) in [4.78, 5) is 47.8. The molecule has 1 aromatic carbocycles. The molecule has 0 radical (unpaired) electrons. The molecule has 0 saturated carbocycles. The number of hydrogen-bond acceptors (Lipinski definition) is 10. The SMILES string of the molecule is CCOC(=O)C(C(=O)OCC)c1ccnc(SCC(=O)NC[C@H]2CN(Cc3ccc(Cl)c(Cl)c3)CCO2)n1. The first kappa shape index (κ1) is 30.1. The van der Waals surface area contributed by atoms with Crippen molar-refractivity contribution in [1.29, 1.82) is 0 Å². The smallest absolute Gasteiger partial charge is 0.326 e. The molecule has 1 aromatic heterocycles. The summed E-state index contributed by atoms with van der Waals surface area (Å²) in [6.45, 7) is 6.54. The number of hydrogen-bond donors (Lipinski definition) is 1. The number of thioether (sulfide) groups is 1. The predicted molar refractivity (Wildman–Crippen MR) is 143 cm³/mol. The number of nitrogens with zero attached hydrogens (tertiary/aromatic N) is 3. The van der Waals surface area contributed by atoms with E-state index >= 15 is 0 Å². The third-order valence-corrected chi connectivity index (χ3v) is 7.07. The lowest BCUT2D eigenvalue weighted by Crippen LogP contribution is -2.47. The number of morpholine rings is 1. The zero-order valence-electron chi connectivity index (χ0n) is 21.2. The fourth-order valence-corrected chi connectivity index (χ4v) is 4.71. The van der Waals surface area contributed by atoms with Crippen LogP contribution in [0.2, 0.25) is 10.0 Å². The average molecular weight is 586 g/mol. The van der Waals surface area contributed by atoms with Crippen molar-refractivity contribution in [2.45, 2.75) is 37.6 Å². The van der Waals surface area contributed by atoms with Gasteiger partial charge in [-0.3, -0.25) is 19.3 Å². The van der Waals surface area contributed by atoms with Gasteiger partial charge in [0, 0.05) is 32.4 Å². The van der Waals surface area contributed by atoms with Crippen molar-refractivity contribution >= 4 is 52.8 Å². The Morgan fingerprint density at radius 2 is 1.89 bits per heavy atom. The van der Waals surface area contributed by atoms with Gasteiger partial charge in [-0.2, -0.15) is 0 Å². The second-order valence-corrected chi connectivity index (χ2v) is 10.0. The Kier molecular flexibility index (Phi) is 12.1. The molecule has 0 unspecified atom stereocenters. The first-order chi connectivity index (χ1) is 18.3. The van der Waals surface area contributed by atoms with Gasteiger partial charge >= 0.3 is 11.9 Å². The van der Waals surface area contributed by atoms with Gasteiger partial charge in [0.15, 0.2) is 11.1 Å². The molecule has 13 heteroatoms. The van der Waals surface area contributed by atoms with Crippen LogP contribution in [0.25, 0.3) is 0 Å². The number of rotatable bonds is 12. The van der Waals surface area contributed by atoms with Crippen LogP contribution in [0, 0.1) is 0 Å². The lowest BCUT2D eigenvalue weighted by Gasteiger charge is -2.33. The van der Waals surface area contributed by atoms with Gasteiger partial charge in [0.1, 0.15) is 0 Å². The molecule has 0 aliphatic carbocycles. The number of ether oxygens (including phenoxy) is 3. The quantitative estimate of drug-likeness (QED) is 0.172. The van der Waals surface area contributed by atoms with Crippen molar-refractivity contribution in [3.63, 3.8) is 0 Å². The molecule has 1 saturated heterocycles. The molecule has 0 spiro atoms. The highest BCUT2D eigenvalue weighted by Gasteiger charge is 2.33. The fourth-order valence-electron chi connectivity index (χ4n) is 3.73. The van der Waals surface area contributed by atoms with Gasteiger partial charge < -0.3 is 19.5 Å².